The van der Waals surface area contributed by atoms with Gasteiger partial charge < -0.3 is 19.3 Å². The van der Waals surface area contributed by atoms with E-state index in [1.165, 1.54) is 0 Å². The number of rotatable bonds is 5. The Kier molecular flexibility index (Phi) is 5.81. The number of Topliss-reactive ketones (excluding diaryl/α,β-unsaturated/α-hetero) is 1. The van der Waals surface area contributed by atoms with Crippen molar-refractivity contribution in [3.8, 4) is 11.5 Å². The van der Waals surface area contributed by atoms with Crippen LogP contribution in [0.1, 0.15) is 34.8 Å². The Morgan fingerprint density at radius 2 is 1.72 bits per heavy atom. The maximum absolute atomic E-state index is 13.0. The van der Waals surface area contributed by atoms with Crippen molar-refractivity contribution in [2.24, 2.45) is 0 Å². The highest BCUT2D eigenvalue weighted by Crippen LogP contribution is 2.31. The van der Waals surface area contributed by atoms with Crippen LogP contribution in [0.4, 0.5) is 0 Å². The summed E-state index contributed by atoms with van der Waals surface area (Å²) in [4.78, 5) is 29.8. The Hall–Kier alpha value is -2.86. The van der Waals surface area contributed by atoms with Crippen molar-refractivity contribution in [2.45, 2.75) is 18.9 Å². The molecule has 1 amide bonds. The number of amides is 1. The largest absolute Gasteiger partial charge is 0.486 e. The lowest BCUT2D eigenvalue weighted by molar-refractivity contribution is -0.136. The predicted octanol–water partition coefficient (Wildman–Crippen LogP) is 2.94. The van der Waals surface area contributed by atoms with Gasteiger partial charge in [0, 0.05) is 38.0 Å². The van der Waals surface area contributed by atoms with E-state index in [2.05, 4.69) is 24.1 Å². The van der Waals surface area contributed by atoms with Gasteiger partial charge in [-0.3, -0.25) is 9.59 Å². The van der Waals surface area contributed by atoms with Gasteiger partial charge in [-0.1, -0.05) is 30.3 Å². The van der Waals surface area contributed by atoms with E-state index in [9.17, 15) is 9.59 Å². The lowest BCUT2D eigenvalue weighted by atomic mass is 10.0. The number of carbonyl (C=O) groups is 2. The number of hydrogen-bond acceptors (Lipinski definition) is 5. The zero-order valence-corrected chi connectivity index (χ0v) is 16.7. The second-order valence-corrected chi connectivity index (χ2v) is 7.56. The Labute approximate surface area is 171 Å². The van der Waals surface area contributed by atoms with Crippen LogP contribution in [0.3, 0.4) is 0 Å². The zero-order valence-electron chi connectivity index (χ0n) is 16.7. The van der Waals surface area contributed by atoms with Crippen molar-refractivity contribution in [3.05, 3.63) is 59.7 Å². The van der Waals surface area contributed by atoms with Crippen molar-refractivity contribution in [1.82, 2.24) is 9.80 Å². The van der Waals surface area contributed by atoms with E-state index in [0.717, 1.165) is 18.7 Å². The molecule has 2 heterocycles. The third-order valence-corrected chi connectivity index (χ3v) is 5.52. The highest BCUT2D eigenvalue weighted by molar-refractivity contribution is 5.98. The summed E-state index contributed by atoms with van der Waals surface area (Å²) in [6.07, 6.45) is 0.395. The molecule has 1 fully saturated rings. The molecule has 0 unspecified atom stereocenters. The van der Waals surface area contributed by atoms with Gasteiger partial charge in [0.25, 0.3) is 0 Å². The van der Waals surface area contributed by atoms with Crippen LogP contribution in [0.5, 0.6) is 11.5 Å². The van der Waals surface area contributed by atoms with Crippen molar-refractivity contribution in [2.75, 3.05) is 39.9 Å². The van der Waals surface area contributed by atoms with E-state index in [1.54, 1.807) is 18.2 Å². The van der Waals surface area contributed by atoms with E-state index in [-0.39, 0.29) is 30.6 Å². The molecule has 0 N–H and O–H groups in total. The topological polar surface area (TPSA) is 59.1 Å². The first-order chi connectivity index (χ1) is 14.1. The summed E-state index contributed by atoms with van der Waals surface area (Å²) in [7, 11) is 2.07. The summed E-state index contributed by atoms with van der Waals surface area (Å²) in [6, 6.07) is 15.3. The third kappa shape index (κ3) is 4.43. The summed E-state index contributed by atoms with van der Waals surface area (Å²) in [5, 5.41) is 0. The molecule has 0 radical (unpaired) electrons. The summed E-state index contributed by atoms with van der Waals surface area (Å²) in [5.41, 5.74) is 1.69. The quantitative estimate of drug-likeness (QED) is 0.730. The average Bonchev–Trinajstić information content (AvgIpc) is 2.77. The van der Waals surface area contributed by atoms with E-state index in [0.29, 0.717) is 36.8 Å². The fourth-order valence-corrected chi connectivity index (χ4v) is 3.90. The highest BCUT2D eigenvalue weighted by Gasteiger charge is 2.30. The Morgan fingerprint density at radius 1 is 0.966 bits per heavy atom. The highest BCUT2D eigenvalue weighted by atomic mass is 16.6. The van der Waals surface area contributed by atoms with Gasteiger partial charge in [-0.2, -0.15) is 0 Å². The lowest BCUT2D eigenvalue weighted by Crippen LogP contribution is -2.49. The molecule has 0 spiro atoms. The van der Waals surface area contributed by atoms with Crippen LogP contribution in [0.2, 0.25) is 0 Å². The fraction of sp³-hybridized carbons (Fsp3) is 0.391. The Balaban J connectivity index is 1.41. The first kappa shape index (κ1) is 19.5. The minimum Gasteiger partial charge on any atom is -0.486 e. The number of carbonyl (C=O) groups excluding carboxylic acids is 2. The number of ether oxygens (including phenoxy) is 2. The van der Waals surface area contributed by atoms with Gasteiger partial charge >= 0.3 is 0 Å². The van der Waals surface area contributed by atoms with Crippen molar-refractivity contribution in [3.63, 3.8) is 0 Å². The predicted molar refractivity (Wildman–Crippen MR) is 109 cm³/mol. The van der Waals surface area contributed by atoms with Crippen LogP contribution in [-0.2, 0) is 4.79 Å². The Morgan fingerprint density at radius 3 is 2.52 bits per heavy atom. The Bertz CT molecular complexity index is 884. The summed E-state index contributed by atoms with van der Waals surface area (Å²) >= 11 is 0. The number of benzene rings is 2. The van der Waals surface area contributed by atoms with Gasteiger partial charge in [0.1, 0.15) is 13.2 Å². The number of nitrogens with zero attached hydrogens (tertiary/aromatic N) is 2. The molecule has 2 aromatic rings. The van der Waals surface area contributed by atoms with E-state index in [1.807, 2.05) is 23.1 Å². The molecule has 152 valence electrons. The minimum absolute atomic E-state index is 0.0202. The molecule has 0 saturated carbocycles. The fourth-order valence-electron chi connectivity index (χ4n) is 3.90. The molecular weight excluding hydrogens is 368 g/mol. The normalized spacial score (nSPS) is 19.1. The van der Waals surface area contributed by atoms with Gasteiger partial charge in [-0.25, -0.2) is 0 Å². The SMILES string of the molecule is CN1CCN(C(=O)CCC(=O)c2ccc3c(c2)OCCO3)[C@H](c2ccccc2)C1. The molecule has 0 aliphatic carbocycles. The first-order valence-corrected chi connectivity index (χ1v) is 10.1. The maximum atomic E-state index is 13.0. The van der Waals surface area contributed by atoms with Crippen LogP contribution in [-0.4, -0.2) is 61.4 Å². The molecule has 0 bridgehead atoms. The summed E-state index contributed by atoms with van der Waals surface area (Å²) < 4.78 is 11.0. The molecule has 1 atom stereocenters. The van der Waals surface area contributed by atoms with Gasteiger partial charge in [0.2, 0.25) is 5.91 Å². The van der Waals surface area contributed by atoms with Crippen molar-refractivity contribution in [1.29, 1.82) is 0 Å². The molecule has 2 aliphatic rings. The van der Waals surface area contributed by atoms with Gasteiger partial charge in [0.15, 0.2) is 17.3 Å². The van der Waals surface area contributed by atoms with Gasteiger partial charge in [-0.15, -0.1) is 0 Å². The molecule has 2 aromatic carbocycles. The molecule has 2 aliphatic heterocycles. The lowest BCUT2D eigenvalue weighted by Gasteiger charge is -2.40. The number of piperazine rings is 1. The standard InChI is InChI=1S/C23H26N2O4/c1-24-11-12-25(19(16-24)17-5-3-2-4-6-17)23(27)10-8-20(26)18-7-9-21-22(15-18)29-14-13-28-21/h2-7,9,15,19H,8,10-14,16H2,1H3/t19-/m0/s1. The number of fused-ring (bicyclic) bond motifs is 1. The smallest absolute Gasteiger partial charge is 0.223 e. The molecule has 1 saturated heterocycles. The minimum atomic E-state index is -0.0549. The molecular formula is C23H26N2O4. The van der Waals surface area contributed by atoms with Crippen LogP contribution in [0.15, 0.2) is 48.5 Å². The second kappa shape index (κ2) is 8.66. The van der Waals surface area contributed by atoms with E-state index >= 15 is 0 Å². The summed E-state index contributed by atoms with van der Waals surface area (Å²) in [6.45, 7) is 3.31. The second-order valence-electron chi connectivity index (χ2n) is 7.56. The van der Waals surface area contributed by atoms with Crippen LogP contribution in [0, 0.1) is 0 Å². The number of ketones is 1. The number of hydrogen-bond donors (Lipinski definition) is 0. The third-order valence-electron chi connectivity index (χ3n) is 5.52. The molecule has 0 aromatic heterocycles. The zero-order chi connectivity index (χ0) is 20.2. The van der Waals surface area contributed by atoms with Gasteiger partial charge in [0.05, 0.1) is 6.04 Å². The van der Waals surface area contributed by atoms with Crippen molar-refractivity contribution >= 4 is 11.7 Å². The molecule has 6 nitrogen and oxygen atoms in total. The van der Waals surface area contributed by atoms with Crippen LogP contribution >= 0.6 is 0 Å². The summed E-state index contributed by atoms with van der Waals surface area (Å²) in [5.74, 6) is 1.22. The van der Waals surface area contributed by atoms with E-state index < -0.39 is 0 Å². The van der Waals surface area contributed by atoms with Crippen LogP contribution < -0.4 is 9.47 Å². The van der Waals surface area contributed by atoms with Crippen LogP contribution in [0.25, 0.3) is 0 Å². The van der Waals surface area contributed by atoms with Crippen molar-refractivity contribution < 1.29 is 19.1 Å². The molecule has 29 heavy (non-hydrogen) atoms. The maximum Gasteiger partial charge on any atom is 0.223 e. The molecule has 4 rings (SSSR count). The average molecular weight is 394 g/mol. The van der Waals surface area contributed by atoms with E-state index in [4.69, 9.17) is 9.47 Å². The number of likely N-dealkylation sites (N-methyl/N-ethyl adjacent to an activating group) is 1. The van der Waals surface area contributed by atoms with Gasteiger partial charge in [-0.05, 0) is 30.8 Å². The monoisotopic (exact) mass is 394 g/mol. The first-order valence-electron chi connectivity index (χ1n) is 10.1. The molecule has 6 heteroatoms.